The number of aliphatic hydroxyl groups excluding tert-OH is 2. The predicted molar refractivity (Wildman–Crippen MR) is 67.0 cm³/mol. The molecule has 106 valence electrons. The number of aliphatic hydroxyl groups is 2. The first-order valence-electron chi connectivity index (χ1n) is 5.60. The maximum atomic E-state index is 13.7. The molecule has 2 atom stereocenters. The van der Waals surface area contributed by atoms with Crippen molar-refractivity contribution >= 4 is 11.6 Å². The second-order valence-corrected chi connectivity index (χ2v) is 4.06. The van der Waals surface area contributed by atoms with E-state index in [0.717, 1.165) is 6.07 Å². The molecule has 19 heavy (non-hydrogen) atoms. The summed E-state index contributed by atoms with van der Waals surface area (Å²) in [5, 5.41) is 21.9. The molecule has 1 aromatic rings. The molecule has 1 amide bonds. The summed E-state index contributed by atoms with van der Waals surface area (Å²) in [6.45, 7) is 1.08. The van der Waals surface area contributed by atoms with Gasteiger partial charge in [-0.25, -0.2) is 4.39 Å². The minimum Gasteiger partial charge on any atom is -0.495 e. The van der Waals surface area contributed by atoms with Crippen LogP contribution in [0.1, 0.15) is 18.6 Å². The molecule has 2 unspecified atom stereocenters. The van der Waals surface area contributed by atoms with Crippen molar-refractivity contribution in [2.45, 2.75) is 19.1 Å². The zero-order chi connectivity index (χ0) is 14.6. The molecule has 0 aliphatic carbocycles. The van der Waals surface area contributed by atoms with Crippen LogP contribution in [-0.4, -0.2) is 35.9 Å². The van der Waals surface area contributed by atoms with Gasteiger partial charge in [0, 0.05) is 25.1 Å². The number of carbonyl (C=O) groups excluding carboxylic acids is 1. The van der Waals surface area contributed by atoms with Crippen LogP contribution in [0.15, 0.2) is 12.1 Å². The lowest BCUT2D eigenvalue weighted by Gasteiger charge is -2.20. The first kappa shape index (κ1) is 15.2. The van der Waals surface area contributed by atoms with E-state index in [2.05, 4.69) is 5.32 Å². The predicted octanol–water partition coefficient (Wildman–Crippen LogP) is -0.0531. The summed E-state index contributed by atoms with van der Waals surface area (Å²) in [4.78, 5) is 10.7. The van der Waals surface area contributed by atoms with Crippen LogP contribution in [0.3, 0.4) is 0 Å². The molecule has 1 rings (SSSR count). The van der Waals surface area contributed by atoms with Gasteiger partial charge in [0.25, 0.3) is 0 Å². The van der Waals surface area contributed by atoms with Gasteiger partial charge in [-0.15, -0.1) is 0 Å². The number of nitrogens with two attached hydrogens (primary N) is 1. The molecule has 0 spiro atoms. The molecule has 0 fully saturated rings. The zero-order valence-corrected chi connectivity index (χ0v) is 10.7. The highest BCUT2D eigenvalue weighted by molar-refractivity contribution is 5.72. The summed E-state index contributed by atoms with van der Waals surface area (Å²) in [6.07, 6.45) is -2.84. The Bertz CT molecular complexity index is 467. The van der Waals surface area contributed by atoms with Gasteiger partial charge < -0.3 is 26.0 Å². The van der Waals surface area contributed by atoms with Crippen molar-refractivity contribution in [1.82, 2.24) is 5.32 Å². The summed E-state index contributed by atoms with van der Waals surface area (Å²) in [7, 11) is 1.35. The van der Waals surface area contributed by atoms with E-state index in [-0.39, 0.29) is 29.5 Å². The molecule has 0 saturated carbocycles. The van der Waals surface area contributed by atoms with Gasteiger partial charge >= 0.3 is 0 Å². The third kappa shape index (κ3) is 3.80. The summed E-state index contributed by atoms with van der Waals surface area (Å²) >= 11 is 0. The number of nitrogen functional groups attached to an aromatic ring is 1. The van der Waals surface area contributed by atoms with Gasteiger partial charge in [-0.1, -0.05) is 0 Å². The van der Waals surface area contributed by atoms with Gasteiger partial charge in [0.1, 0.15) is 23.8 Å². The third-order valence-electron chi connectivity index (χ3n) is 2.59. The highest BCUT2D eigenvalue weighted by atomic mass is 19.1. The summed E-state index contributed by atoms with van der Waals surface area (Å²) in [6, 6.07) is 2.22. The van der Waals surface area contributed by atoms with Crippen molar-refractivity contribution in [2.24, 2.45) is 0 Å². The Morgan fingerprint density at radius 3 is 2.68 bits per heavy atom. The molecule has 0 saturated heterocycles. The second kappa shape index (κ2) is 6.35. The largest absolute Gasteiger partial charge is 0.495 e. The number of nitrogens with one attached hydrogen (secondary N) is 1. The highest BCUT2D eigenvalue weighted by Gasteiger charge is 2.23. The van der Waals surface area contributed by atoms with Crippen LogP contribution in [0.25, 0.3) is 0 Å². The number of carbonyl (C=O) groups is 1. The lowest BCUT2D eigenvalue weighted by atomic mass is 10.0. The van der Waals surface area contributed by atoms with Crippen molar-refractivity contribution < 1.29 is 24.1 Å². The molecule has 0 aliphatic heterocycles. The lowest BCUT2D eigenvalue weighted by molar-refractivity contribution is -0.119. The fourth-order valence-corrected chi connectivity index (χ4v) is 1.56. The van der Waals surface area contributed by atoms with E-state index < -0.39 is 18.0 Å². The minimum absolute atomic E-state index is 0.0901. The van der Waals surface area contributed by atoms with Gasteiger partial charge in [0.2, 0.25) is 5.91 Å². The third-order valence-corrected chi connectivity index (χ3v) is 2.59. The van der Waals surface area contributed by atoms with E-state index in [9.17, 15) is 19.4 Å². The van der Waals surface area contributed by atoms with Crippen molar-refractivity contribution in [3.63, 3.8) is 0 Å². The first-order valence-corrected chi connectivity index (χ1v) is 5.60. The van der Waals surface area contributed by atoms with E-state index in [0.29, 0.717) is 0 Å². The zero-order valence-electron chi connectivity index (χ0n) is 10.7. The Hall–Kier alpha value is -1.86. The van der Waals surface area contributed by atoms with Crippen LogP contribution in [0, 0.1) is 5.82 Å². The molecule has 6 nitrogen and oxygen atoms in total. The minimum atomic E-state index is -1.50. The standard InChI is InChI=1S/C12H17FN2O4/c1-6(16)15-5-10(17)12(18)7-3-11(19-2)9(14)4-8(7)13/h3-4,10,12,17-18H,5,14H2,1-2H3,(H,15,16). The van der Waals surface area contributed by atoms with Gasteiger partial charge in [0.05, 0.1) is 12.8 Å². The fraction of sp³-hybridized carbons (Fsp3) is 0.417. The average Bonchev–Trinajstić information content (AvgIpc) is 2.35. The average molecular weight is 272 g/mol. The van der Waals surface area contributed by atoms with Gasteiger partial charge in [0.15, 0.2) is 0 Å². The van der Waals surface area contributed by atoms with E-state index in [1.165, 1.54) is 20.1 Å². The molecule has 0 aromatic heterocycles. The monoisotopic (exact) mass is 272 g/mol. The van der Waals surface area contributed by atoms with Gasteiger partial charge in [-0.3, -0.25) is 4.79 Å². The molecule has 1 aromatic carbocycles. The Morgan fingerprint density at radius 1 is 1.53 bits per heavy atom. The van der Waals surface area contributed by atoms with Crippen LogP contribution < -0.4 is 15.8 Å². The summed E-state index contributed by atoms with van der Waals surface area (Å²) in [5.41, 5.74) is 5.45. The molecule has 7 heteroatoms. The number of hydrogen-bond donors (Lipinski definition) is 4. The van der Waals surface area contributed by atoms with Crippen molar-refractivity contribution in [3.05, 3.63) is 23.5 Å². The molecular weight excluding hydrogens is 255 g/mol. The van der Waals surface area contributed by atoms with Crippen molar-refractivity contribution in [3.8, 4) is 5.75 Å². The summed E-state index contributed by atoms with van der Waals surface area (Å²) < 4.78 is 18.6. The van der Waals surface area contributed by atoms with Crippen molar-refractivity contribution in [1.29, 1.82) is 0 Å². The molecule has 0 radical (unpaired) electrons. The number of hydrogen-bond acceptors (Lipinski definition) is 5. The number of halogens is 1. The van der Waals surface area contributed by atoms with E-state index in [4.69, 9.17) is 10.5 Å². The van der Waals surface area contributed by atoms with E-state index in [1.54, 1.807) is 0 Å². The Balaban J connectivity index is 2.92. The fourth-order valence-electron chi connectivity index (χ4n) is 1.56. The van der Waals surface area contributed by atoms with Gasteiger partial charge in [-0.2, -0.15) is 0 Å². The SMILES string of the molecule is COc1cc(C(O)C(O)CNC(C)=O)c(F)cc1N. The van der Waals surface area contributed by atoms with E-state index in [1.807, 2.05) is 0 Å². The molecular formula is C12H17FN2O4. The Labute approximate surface area is 110 Å². The highest BCUT2D eigenvalue weighted by Crippen LogP contribution is 2.29. The number of methoxy groups -OCH3 is 1. The number of ether oxygens (including phenoxy) is 1. The smallest absolute Gasteiger partial charge is 0.216 e. The van der Waals surface area contributed by atoms with Crippen LogP contribution in [0.4, 0.5) is 10.1 Å². The quantitative estimate of drug-likeness (QED) is 0.562. The summed E-state index contributed by atoms with van der Waals surface area (Å²) in [5.74, 6) is -0.920. The maximum absolute atomic E-state index is 13.7. The van der Waals surface area contributed by atoms with E-state index >= 15 is 0 Å². The Morgan fingerprint density at radius 2 is 2.16 bits per heavy atom. The number of anilines is 1. The maximum Gasteiger partial charge on any atom is 0.216 e. The second-order valence-electron chi connectivity index (χ2n) is 4.06. The molecule has 0 bridgehead atoms. The van der Waals surface area contributed by atoms with Crippen molar-refractivity contribution in [2.75, 3.05) is 19.4 Å². The molecule has 5 N–H and O–H groups in total. The van der Waals surface area contributed by atoms with Crippen LogP contribution in [0.2, 0.25) is 0 Å². The normalized spacial score (nSPS) is 13.7. The topological polar surface area (TPSA) is 105 Å². The van der Waals surface area contributed by atoms with Gasteiger partial charge in [-0.05, 0) is 6.07 Å². The molecule has 0 heterocycles. The van der Waals surface area contributed by atoms with Crippen LogP contribution in [0.5, 0.6) is 5.75 Å². The first-order chi connectivity index (χ1) is 8.86. The number of amides is 1. The number of benzene rings is 1. The molecule has 0 aliphatic rings. The number of rotatable bonds is 5. The Kier molecular flexibility index (Phi) is 5.08. The van der Waals surface area contributed by atoms with Crippen LogP contribution in [-0.2, 0) is 4.79 Å². The van der Waals surface area contributed by atoms with Crippen LogP contribution >= 0.6 is 0 Å². The lowest BCUT2D eigenvalue weighted by Crippen LogP contribution is -2.34.